The minimum Gasteiger partial charge on any atom is -0.478 e. The van der Waals surface area contributed by atoms with Crippen LogP contribution in [0, 0.1) is 0 Å². The van der Waals surface area contributed by atoms with Gasteiger partial charge in [0.1, 0.15) is 5.76 Å². The van der Waals surface area contributed by atoms with Crippen molar-refractivity contribution in [3.05, 3.63) is 59.5 Å². The van der Waals surface area contributed by atoms with Gasteiger partial charge in [0.15, 0.2) is 0 Å². The number of hydrogen-bond acceptors (Lipinski definition) is 3. The standard InChI is InChI=1S/C17H17NO4/c19-16(11-12-5-1-2-6-13(12)17(20)21)18-9-3-7-14(18)15-8-4-10-22-15/h1-2,4-6,8,10,14H,3,7,9,11H2,(H,20,21). The monoisotopic (exact) mass is 299 g/mol. The van der Waals surface area contributed by atoms with Crippen molar-refractivity contribution in [1.82, 2.24) is 4.90 Å². The number of rotatable bonds is 4. The largest absolute Gasteiger partial charge is 0.478 e. The fourth-order valence-electron chi connectivity index (χ4n) is 2.99. The van der Waals surface area contributed by atoms with Crippen LogP contribution in [0.3, 0.4) is 0 Å². The Labute approximate surface area is 128 Å². The molecule has 114 valence electrons. The van der Waals surface area contributed by atoms with E-state index in [-0.39, 0.29) is 23.9 Å². The Morgan fingerprint density at radius 2 is 2.05 bits per heavy atom. The Morgan fingerprint density at radius 3 is 2.77 bits per heavy atom. The van der Waals surface area contributed by atoms with Crippen molar-refractivity contribution >= 4 is 11.9 Å². The number of aromatic carboxylic acids is 1. The predicted octanol–water partition coefficient (Wildman–Crippen LogP) is 2.88. The fraction of sp³-hybridized carbons (Fsp3) is 0.294. The molecule has 1 saturated heterocycles. The van der Waals surface area contributed by atoms with Gasteiger partial charge in [0.25, 0.3) is 0 Å². The van der Waals surface area contributed by atoms with Gasteiger partial charge in [-0.15, -0.1) is 0 Å². The Hall–Kier alpha value is -2.56. The lowest BCUT2D eigenvalue weighted by Crippen LogP contribution is -2.32. The van der Waals surface area contributed by atoms with Crippen molar-refractivity contribution in [3.8, 4) is 0 Å². The van der Waals surface area contributed by atoms with Gasteiger partial charge in [0.2, 0.25) is 5.91 Å². The molecular formula is C17H17NO4. The molecule has 5 nitrogen and oxygen atoms in total. The molecule has 22 heavy (non-hydrogen) atoms. The molecule has 1 aliphatic heterocycles. The first-order chi connectivity index (χ1) is 10.7. The van der Waals surface area contributed by atoms with Crippen molar-refractivity contribution < 1.29 is 19.1 Å². The molecule has 1 amide bonds. The summed E-state index contributed by atoms with van der Waals surface area (Å²) >= 11 is 0. The summed E-state index contributed by atoms with van der Waals surface area (Å²) in [5.74, 6) is -0.280. The molecule has 0 radical (unpaired) electrons. The second-order valence-corrected chi connectivity index (χ2v) is 5.40. The third-order valence-electron chi connectivity index (χ3n) is 4.03. The minimum absolute atomic E-state index is 0.0421. The molecule has 2 heterocycles. The van der Waals surface area contributed by atoms with E-state index in [9.17, 15) is 14.7 Å². The van der Waals surface area contributed by atoms with Crippen LogP contribution in [-0.2, 0) is 11.2 Å². The number of likely N-dealkylation sites (tertiary alicyclic amines) is 1. The average molecular weight is 299 g/mol. The van der Waals surface area contributed by atoms with Crippen molar-refractivity contribution in [3.63, 3.8) is 0 Å². The van der Waals surface area contributed by atoms with Gasteiger partial charge in [-0.2, -0.15) is 0 Å². The number of carboxylic acids is 1. The summed E-state index contributed by atoms with van der Waals surface area (Å²) in [6, 6.07) is 10.3. The lowest BCUT2D eigenvalue weighted by atomic mass is 10.0. The maximum Gasteiger partial charge on any atom is 0.335 e. The summed E-state index contributed by atoms with van der Waals surface area (Å²) in [6.45, 7) is 0.680. The smallest absolute Gasteiger partial charge is 0.335 e. The maximum atomic E-state index is 12.6. The molecule has 1 fully saturated rings. The first kappa shape index (κ1) is 14.4. The van der Waals surface area contributed by atoms with Gasteiger partial charge in [-0.25, -0.2) is 4.79 Å². The lowest BCUT2D eigenvalue weighted by Gasteiger charge is -2.23. The van der Waals surface area contributed by atoms with E-state index in [0.29, 0.717) is 12.1 Å². The molecule has 1 unspecified atom stereocenters. The van der Waals surface area contributed by atoms with E-state index in [4.69, 9.17) is 4.42 Å². The number of hydrogen-bond donors (Lipinski definition) is 1. The SMILES string of the molecule is O=C(O)c1ccccc1CC(=O)N1CCCC1c1ccco1. The first-order valence-electron chi connectivity index (χ1n) is 7.31. The highest BCUT2D eigenvalue weighted by Crippen LogP contribution is 2.32. The average Bonchev–Trinajstić information content (AvgIpc) is 3.18. The summed E-state index contributed by atoms with van der Waals surface area (Å²) in [7, 11) is 0. The van der Waals surface area contributed by atoms with Crippen LogP contribution in [0.5, 0.6) is 0 Å². The molecule has 0 saturated carbocycles. The highest BCUT2D eigenvalue weighted by Gasteiger charge is 2.31. The zero-order valence-electron chi connectivity index (χ0n) is 12.1. The van der Waals surface area contributed by atoms with Crippen molar-refractivity contribution in [2.45, 2.75) is 25.3 Å². The van der Waals surface area contributed by atoms with Crippen molar-refractivity contribution in [2.24, 2.45) is 0 Å². The predicted molar refractivity (Wildman–Crippen MR) is 79.5 cm³/mol. The number of carboxylic acid groups (broad SMARTS) is 1. The van der Waals surface area contributed by atoms with Gasteiger partial charge < -0.3 is 14.4 Å². The quantitative estimate of drug-likeness (QED) is 0.942. The van der Waals surface area contributed by atoms with E-state index < -0.39 is 5.97 Å². The minimum atomic E-state index is -1.01. The Morgan fingerprint density at radius 1 is 1.23 bits per heavy atom. The number of nitrogens with zero attached hydrogens (tertiary/aromatic N) is 1. The van der Waals surface area contributed by atoms with Gasteiger partial charge in [-0.1, -0.05) is 18.2 Å². The molecular weight excluding hydrogens is 282 g/mol. The van der Waals surface area contributed by atoms with Gasteiger partial charge in [-0.3, -0.25) is 4.79 Å². The Kier molecular flexibility index (Phi) is 3.96. The van der Waals surface area contributed by atoms with E-state index in [0.717, 1.165) is 18.6 Å². The van der Waals surface area contributed by atoms with Crippen LogP contribution in [0.4, 0.5) is 0 Å². The van der Waals surface area contributed by atoms with Crippen molar-refractivity contribution in [1.29, 1.82) is 0 Å². The Balaban J connectivity index is 1.79. The third-order valence-corrected chi connectivity index (χ3v) is 4.03. The highest BCUT2D eigenvalue weighted by molar-refractivity contribution is 5.91. The van der Waals surface area contributed by atoms with Gasteiger partial charge in [0, 0.05) is 6.54 Å². The number of furan rings is 1. The van der Waals surface area contributed by atoms with Crippen LogP contribution in [0.15, 0.2) is 47.1 Å². The van der Waals surface area contributed by atoms with Crippen LogP contribution in [0.1, 0.15) is 40.6 Å². The second-order valence-electron chi connectivity index (χ2n) is 5.40. The normalized spacial score (nSPS) is 17.6. The summed E-state index contributed by atoms with van der Waals surface area (Å²) in [4.78, 5) is 25.6. The summed E-state index contributed by atoms with van der Waals surface area (Å²) < 4.78 is 5.42. The number of carbonyl (C=O) groups excluding carboxylic acids is 1. The van der Waals surface area contributed by atoms with Crippen LogP contribution >= 0.6 is 0 Å². The summed E-state index contributed by atoms with van der Waals surface area (Å²) in [6.07, 6.45) is 3.51. The van der Waals surface area contributed by atoms with E-state index in [1.807, 2.05) is 12.1 Å². The molecule has 1 aliphatic rings. The number of amides is 1. The molecule has 1 aromatic heterocycles. The Bertz CT molecular complexity index is 678. The molecule has 2 aromatic rings. The molecule has 0 spiro atoms. The van der Waals surface area contributed by atoms with E-state index in [1.54, 1.807) is 29.4 Å². The first-order valence-corrected chi connectivity index (χ1v) is 7.31. The highest BCUT2D eigenvalue weighted by atomic mass is 16.4. The fourth-order valence-corrected chi connectivity index (χ4v) is 2.99. The molecule has 1 aromatic carbocycles. The lowest BCUT2D eigenvalue weighted by molar-refractivity contribution is -0.131. The molecule has 1 N–H and O–H groups in total. The van der Waals surface area contributed by atoms with Gasteiger partial charge >= 0.3 is 5.97 Å². The molecule has 5 heteroatoms. The van der Waals surface area contributed by atoms with Gasteiger partial charge in [0.05, 0.1) is 24.3 Å². The van der Waals surface area contributed by atoms with Crippen molar-refractivity contribution in [2.75, 3.05) is 6.54 Å². The third kappa shape index (κ3) is 2.74. The number of carbonyl (C=O) groups is 2. The molecule has 3 rings (SSSR count). The van der Waals surface area contributed by atoms with E-state index >= 15 is 0 Å². The maximum absolute atomic E-state index is 12.6. The zero-order chi connectivity index (χ0) is 15.5. The van der Waals surface area contributed by atoms with E-state index in [2.05, 4.69) is 0 Å². The topological polar surface area (TPSA) is 70.8 Å². The number of benzene rings is 1. The zero-order valence-corrected chi connectivity index (χ0v) is 12.1. The van der Waals surface area contributed by atoms with E-state index in [1.165, 1.54) is 6.07 Å². The van der Waals surface area contributed by atoms with Crippen LogP contribution < -0.4 is 0 Å². The van der Waals surface area contributed by atoms with Crippen LogP contribution in [-0.4, -0.2) is 28.4 Å². The van der Waals surface area contributed by atoms with Gasteiger partial charge in [-0.05, 0) is 36.6 Å². The summed E-state index contributed by atoms with van der Waals surface area (Å²) in [5, 5.41) is 9.21. The molecule has 0 bridgehead atoms. The molecule has 1 atom stereocenters. The second kappa shape index (κ2) is 6.05. The molecule has 0 aliphatic carbocycles. The van der Waals surface area contributed by atoms with Crippen LogP contribution in [0.2, 0.25) is 0 Å². The summed E-state index contributed by atoms with van der Waals surface area (Å²) in [5.41, 5.74) is 0.731. The van der Waals surface area contributed by atoms with Crippen LogP contribution in [0.25, 0.3) is 0 Å².